The summed E-state index contributed by atoms with van der Waals surface area (Å²) < 4.78 is 1.94. The van der Waals surface area contributed by atoms with Crippen LogP contribution in [-0.2, 0) is 23.3 Å². The van der Waals surface area contributed by atoms with Crippen LogP contribution in [0.15, 0.2) is 66.9 Å². The molecule has 3 aromatic rings. The summed E-state index contributed by atoms with van der Waals surface area (Å²) in [6.07, 6.45) is 4.42. The van der Waals surface area contributed by atoms with Crippen LogP contribution in [0.3, 0.4) is 0 Å². The van der Waals surface area contributed by atoms with E-state index in [1.165, 1.54) is 5.56 Å². The van der Waals surface area contributed by atoms with E-state index >= 15 is 0 Å². The van der Waals surface area contributed by atoms with Crippen LogP contribution in [0.25, 0.3) is 0 Å². The maximum Gasteiger partial charge on any atom is 0.235 e. The highest BCUT2D eigenvalue weighted by molar-refractivity contribution is 6.01. The van der Waals surface area contributed by atoms with Gasteiger partial charge in [0.2, 0.25) is 5.91 Å². The quantitative estimate of drug-likeness (QED) is 0.664. The van der Waals surface area contributed by atoms with E-state index in [0.29, 0.717) is 0 Å². The zero-order valence-electron chi connectivity index (χ0n) is 17.8. The summed E-state index contributed by atoms with van der Waals surface area (Å²) in [4.78, 5) is 16.2. The monoisotopic (exact) mass is 415 g/mol. The Bertz CT molecular complexity index is 1020. The molecular formula is C25H29N5O. The number of nitrogens with one attached hydrogen (secondary N) is 2. The van der Waals surface area contributed by atoms with Crippen molar-refractivity contribution in [3.05, 3.63) is 78.0 Å². The van der Waals surface area contributed by atoms with Gasteiger partial charge in [-0.1, -0.05) is 60.7 Å². The molecule has 0 unspecified atom stereocenters. The lowest BCUT2D eigenvalue weighted by Crippen LogP contribution is -2.49. The highest BCUT2D eigenvalue weighted by Crippen LogP contribution is 2.38. The van der Waals surface area contributed by atoms with E-state index in [-0.39, 0.29) is 5.91 Å². The third-order valence-corrected chi connectivity index (χ3v) is 6.65. The molecule has 160 valence electrons. The van der Waals surface area contributed by atoms with Crippen LogP contribution in [0.5, 0.6) is 0 Å². The van der Waals surface area contributed by atoms with Gasteiger partial charge in [0.25, 0.3) is 0 Å². The summed E-state index contributed by atoms with van der Waals surface area (Å²) in [6, 6.07) is 20.8. The number of rotatable bonds is 5. The van der Waals surface area contributed by atoms with Crippen molar-refractivity contribution < 1.29 is 4.79 Å². The van der Waals surface area contributed by atoms with Gasteiger partial charge in [-0.2, -0.15) is 5.10 Å². The number of piperidine rings is 1. The molecule has 6 nitrogen and oxygen atoms in total. The topological polar surface area (TPSA) is 62.2 Å². The number of nitrogens with zero attached hydrogens (tertiary/aromatic N) is 3. The Hall–Kier alpha value is -3.12. The van der Waals surface area contributed by atoms with Gasteiger partial charge in [-0.3, -0.25) is 9.69 Å². The molecule has 1 aromatic heterocycles. The molecule has 31 heavy (non-hydrogen) atoms. The number of anilines is 2. The van der Waals surface area contributed by atoms with Gasteiger partial charge in [0.05, 0.1) is 11.6 Å². The van der Waals surface area contributed by atoms with E-state index in [2.05, 4.69) is 63.1 Å². The molecule has 6 heteroatoms. The minimum Gasteiger partial charge on any atom is -0.368 e. The number of aryl methyl sites for hydroxylation is 1. The first kappa shape index (κ1) is 19.8. The Kier molecular flexibility index (Phi) is 5.47. The van der Waals surface area contributed by atoms with Crippen molar-refractivity contribution in [1.29, 1.82) is 0 Å². The molecule has 2 N–H and O–H groups in total. The Morgan fingerprint density at radius 3 is 2.45 bits per heavy atom. The number of carbonyl (C=O) groups is 1. The number of hydrogen-bond donors (Lipinski definition) is 2. The fourth-order valence-corrected chi connectivity index (χ4v) is 4.85. The second-order valence-electron chi connectivity index (χ2n) is 8.57. The molecule has 0 bridgehead atoms. The van der Waals surface area contributed by atoms with Crippen molar-refractivity contribution >= 4 is 17.4 Å². The molecule has 2 aromatic carbocycles. The predicted octanol–water partition coefficient (Wildman–Crippen LogP) is 3.87. The lowest BCUT2D eigenvalue weighted by molar-refractivity contribution is -0.123. The molecule has 1 saturated heterocycles. The van der Waals surface area contributed by atoms with Crippen molar-refractivity contribution in [1.82, 2.24) is 14.7 Å². The highest BCUT2D eigenvalue weighted by Gasteiger charge is 2.43. The van der Waals surface area contributed by atoms with Crippen LogP contribution in [0.2, 0.25) is 0 Å². The first-order valence-corrected chi connectivity index (χ1v) is 11.2. The van der Waals surface area contributed by atoms with Crippen LogP contribution in [0, 0.1) is 0 Å². The van der Waals surface area contributed by atoms with E-state index in [1.54, 1.807) is 6.20 Å². The van der Waals surface area contributed by atoms with Crippen molar-refractivity contribution in [2.45, 2.75) is 37.8 Å². The highest BCUT2D eigenvalue weighted by atomic mass is 16.2. The van der Waals surface area contributed by atoms with Crippen molar-refractivity contribution in [2.75, 3.05) is 30.3 Å². The van der Waals surface area contributed by atoms with Gasteiger partial charge in [-0.15, -0.1) is 0 Å². The zero-order chi connectivity index (χ0) is 21.1. The van der Waals surface area contributed by atoms with Gasteiger partial charge in [-0.25, -0.2) is 4.68 Å². The summed E-state index contributed by atoms with van der Waals surface area (Å²) in [5.41, 5.74) is 2.67. The first-order valence-electron chi connectivity index (χ1n) is 11.2. The molecule has 0 saturated carbocycles. The van der Waals surface area contributed by atoms with Crippen molar-refractivity contribution in [2.24, 2.45) is 0 Å². The number of fused-ring (bicyclic) bond motifs is 1. The summed E-state index contributed by atoms with van der Waals surface area (Å²) in [5.74, 6) is 0.991. The molecule has 0 aliphatic carbocycles. The smallest absolute Gasteiger partial charge is 0.235 e. The van der Waals surface area contributed by atoms with Gasteiger partial charge < -0.3 is 10.6 Å². The molecule has 0 spiro atoms. The number of likely N-dealkylation sites (tertiary alicyclic amines) is 1. The van der Waals surface area contributed by atoms with Gasteiger partial charge >= 0.3 is 0 Å². The van der Waals surface area contributed by atoms with E-state index in [1.807, 2.05) is 22.9 Å². The van der Waals surface area contributed by atoms with E-state index in [9.17, 15) is 4.79 Å². The largest absolute Gasteiger partial charge is 0.368 e. The van der Waals surface area contributed by atoms with Crippen LogP contribution >= 0.6 is 0 Å². The number of benzene rings is 2. The third-order valence-electron chi connectivity index (χ3n) is 6.65. The molecule has 2 aliphatic rings. The molecule has 3 heterocycles. The van der Waals surface area contributed by atoms with Crippen LogP contribution in [-0.4, -0.2) is 40.2 Å². The Labute approximate surface area is 183 Å². The second-order valence-corrected chi connectivity index (χ2v) is 8.57. The minimum absolute atomic E-state index is 0.0706. The van der Waals surface area contributed by atoms with E-state index in [4.69, 9.17) is 0 Å². The third kappa shape index (κ3) is 3.95. The summed E-state index contributed by atoms with van der Waals surface area (Å²) in [7, 11) is 0. The average Bonchev–Trinajstić information content (AvgIpc) is 3.24. The van der Waals surface area contributed by atoms with Crippen LogP contribution < -0.4 is 10.6 Å². The molecule has 0 radical (unpaired) electrons. The standard InChI is InChI=1S/C25H29N5O/c31-24(28-22-18-27-30-15-7-14-26-23(22)30)25(21-10-5-2-6-11-21)12-16-29(17-13-25)19-20-8-3-1-4-9-20/h1-6,8-11,18,26H,7,12-17,19H2,(H,28,31). The van der Waals surface area contributed by atoms with E-state index in [0.717, 1.165) is 69.1 Å². The fraction of sp³-hybridized carbons (Fsp3) is 0.360. The predicted molar refractivity (Wildman–Crippen MR) is 123 cm³/mol. The Morgan fingerprint density at radius 2 is 1.71 bits per heavy atom. The van der Waals surface area contributed by atoms with Crippen LogP contribution in [0.1, 0.15) is 30.4 Å². The van der Waals surface area contributed by atoms with Gasteiger partial charge in [0.1, 0.15) is 11.5 Å². The minimum atomic E-state index is -0.530. The zero-order valence-corrected chi connectivity index (χ0v) is 17.8. The van der Waals surface area contributed by atoms with Crippen molar-refractivity contribution in [3.8, 4) is 0 Å². The summed E-state index contributed by atoms with van der Waals surface area (Å²) in [6.45, 7) is 4.50. The first-order chi connectivity index (χ1) is 15.2. The summed E-state index contributed by atoms with van der Waals surface area (Å²) in [5, 5.41) is 11.0. The molecular weight excluding hydrogens is 386 g/mol. The lowest BCUT2D eigenvalue weighted by atomic mass is 9.72. The molecule has 5 rings (SSSR count). The lowest BCUT2D eigenvalue weighted by Gasteiger charge is -2.41. The maximum atomic E-state index is 13.7. The van der Waals surface area contributed by atoms with E-state index < -0.39 is 5.41 Å². The SMILES string of the molecule is O=C(Nc1cnn2c1NCCC2)C1(c2ccccc2)CCN(Cc2ccccc2)CC1. The summed E-state index contributed by atoms with van der Waals surface area (Å²) >= 11 is 0. The Balaban J connectivity index is 1.36. The maximum absolute atomic E-state index is 13.7. The number of amides is 1. The average molecular weight is 416 g/mol. The van der Waals surface area contributed by atoms with Crippen LogP contribution in [0.4, 0.5) is 11.5 Å². The number of carbonyl (C=O) groups excluding carboxylic acids is 1. The normalized spacial score (nSPS) is 18.1. The van der Waals surface area contributed by atoms with Crippen molar-refractivity contribution in [3.63, 3.8) is 0 Å². The number of aromatic nitrogens is 2. The molecule has 2 aliphatic heterocycles. The van der Waals surface area contributed by atoms with Gasteiger partial charge in [0.15, 0.2) is 0 Å². The molecule has 1 amide bonds. The van der Waals surface area contributed by atoms with Gasteiger partial charge in [0, 0.05) is 19.6 Å². The molecule has 1 fully saturated rings. The Morgan fingerprint density at radius 1 is 1.00 bits per heavy atom. The molecule has 0 atom stereocenters. The van der Waals surface area contributed by atoms with Gasteiger partial charge in [-0.05, 0) is 43.5 Å². The second kappa shape index (κ2) is 8.55. The fourth-order valence-electron chi connectivity index (χ4n) is 4.85. The number of hydrogen-bond acceptors (Lipinski definition) is 4.